The number of nitrogens with zero attached hydrogens (tertiary/aromatic N) is 1. The third-order valence-corrected chi connectivity index (χ3v) is 3.79. The molecule has 0 heterocycles. The molecule has 0 spiro atoms. The molecule has 0 saturated carbocycles. The highest BCUT2D eigenvalue weighted by atomic mass is 35.5. The van der Waals surface area contributed by atoms with E-state index in [1.165, 1.54) is 18.2 Å². The predicted octanol–water partition coefficient (Wildman–Crippen LogP) is 4.93. The Morgan fingerprint density at radius 3 is 2.21 bits per heavy atom. The van der Waals surface area contributed by atoms with Gasteiger partial charge in [-0.2, -0.15) is 0 Å². The zero-order valence-corrected chi connectivity index (χ0v) is 11.8. The lowest BCUT2D eigenvalue weighted by Gasteiger charge is -2.21. The average Bonchev–Trinajstić information content (AvgIpc) is 2.39. The molecule has 0 aliphatic rings. The van der Waals surface area contributed by atoms with Crippen LogP contribution in [0, 0.1) is 10.1 Å². The van der Waals surface area contributed by atoms with E-state index in [0.717, 1.165) is 0 Å². The summed E-state index contributed by atoms with van der Waals surface area (Å²) in [4.78, 5) is 10.1. The Labute approximate surface area is 124 Å². The number of benzene rings is 2. The highest BCUT2D eigenvalue weighted by Crippen LogP contribution is 2.44. The van der Waals surface area contributed by atoms with Gasteiger partial charge in [-0.3, -0.25) is 10.1 Å². The molecule has 0 unspecified atom stereocenters. The predicted molar refractivity (Wildman–Crippen MR) is 77.0 cm³/mol. The van der Waals surface area contributed by atoms with Gasteiger partial charge in [0.15, 0.2) is 4.33 Å². The first-order valence-corrected chi connectivity index (χ1v) is 6.44. The molecule has 98 valence electrons. The number of hydrogen-bond donors (Lipinski definition) is 0. The second-order valence-corrected chi connectivity index (χ2v) is 5.60. The number of nitro groups is 1. The molecule has 0 aliphatic carbocycles. The maximum Gasteiger partial charge on any atom is 0.270 e. The van der Waals surface area contributed by atoms with Crippen LogP contribution < -0.4 is 0 Å². The van der Waals surface area contributed by atoms with Gasteiger partial charge in [0.05, 0.1) is 9.95 Å². The number of rotatable bonds is 3. The van der Waals surface area contributed by atoms with Crippen LogP contribution in [0.25, 0.3) is 0 Å². The second-order valence-electron chi connectivity index (χ2n) is 3.86. The first kappa shape index (κ1) is 14.1. The Morgan fingerprint density at radius 1 is 1.05 bits per heavy atom. The van der Waals surface area contributed by atoms with Crippen LogP contribution in [0.1, 0.15) is 11.1 Å². The molecule has 6 heteroatoms. The average molecular weight is 317 g/mol. The summed E-state index contributed by atoms with van der Waals surface area (Å²) in [6.45, 7) is 0. The Hall–Kier alpha value is -1.29. The normalized spacial score (nSPS) is 11.3. The second kappa shape index (κ2) is 5.37. The van der Waals surface area contributed by atoms with Crippen molar-refractivity contribution in [1.82, 2.24) is 0 Å². The van der Waals surface area contributed by atoms with Crippen LogP contribution in [-0.4, -0.2) is 4.92 Å². The van der Waals surface area contributed by atoms with Crippen LogP contribution in [0.3, 0.4) is 0 Å². The minimum atomic E-state index is -1.35. The molecule has 0 radical (unpaired) electrons. The van der Waals surface area contributed by atoms with Crippen molar-refractivity contribution in [1.29, 1.82) is 0 Å². The lowest BCUT2D eigenvalue weighted by molar-refractivity contribution is -0.384. The fourth-order valence-corrected chi connectivity index (χ4v) is 2.67. The molecule has 19 heavy (non-hydrogen) atoms. The summed E-state index contributed by atoms with van der Waals surface area (Å²) in [7, 11) is 0. The summed E-state index contributed by atoms with van der Waals surface area (Å²) >= 11 is 18.7. The fraction of sp³-hybridized carbons (Fsp3) is 0.0769. The van der Waals surface area contributed by atoms with Crippen molar-refractivity contribution in [3.63, 3.8) is 0 Å². The largest absolute Gasteiger partial charge is 0.270 e. The van der Waals surface area contributed by atoms with E-state index in [1.54, 1.807) is 24.3 Å². The monoisotopic (exact) mass is 315 g/mol. The Morgan fingerprint density at radius 2 is 1.68 bits per heavy atom. The molecule has 0 bridgehead atoms. The van der Waals surface area contributed by atoms with Gasteiger partial charge in [0.25, 0.3) is 5.69 Å². The summed E-state index contributed by atoms with van der Waals surface area (Å²) in [5, 5.41) is 10.8. The molecule has 0 saturated heterocycles. The van der Waals surface area contributed by atoms with Crippen molar-refractivity contribution in [3.05, 3.63) is 74.8 Å². The fourth-order valence-electron chi connectivity index (χ4n) is 1.68. The number of halogens is 3. The molecule has 2 aromatic carbocycles. The van der Waals surface area contributed by atoms with E-state index < -0.39 is 9.26 Å². The molecular formula is C13H8Cl3NO2. The number of non-ortho nitro benzene ring substituents is 1. The Kier molecular flexibility index (Phi) is 3.99. The summed E-state index contributed by atoms with van der Waals surface area (Å²) in [5.41, 5.74) is 0.953. The van der Waals surface area contributed by atoms with Gasteiger partial charge < -0.3 is 0 Å². The van der Waals surface area contributed by atoms with Crippen LogP contribution in [-0.2, 0) is 4.33 Å². The van der Waals surface area contributed by atoms with E-state index >= 15 is 0 Å². The number of hydrogen-bond acceptors (Lipinski definition) is 2. The zero-order valence-electron chi connectivity index (χ0n) is 9.52. The molecule has 0 aliphatic heterocycles. The van der Waals surface area contributed by atoms with Gasteiger partial charge in [-0.05, 0) is 11.6 Å². The van der Waals surface area contributed by atoms with E-state index in [0.29, 0.717) is 11.1 Å². The van der Waals surface area contributed by atoms with Gasteiger partial charge in [0.1, 0.15) is 0 Å². The third-order valence-electron chi connectivity index (χ3n) is 2.64. The van der Waals surface area contributed by atoms with Crippen LogP contribution >= 0.6 is 34.8 Å². The molecule has 2 aromatic rings. The minimum absolute atomic E-state index is 0.106. The van der Waals surface area contributed by atoms with Crippen molar-refractivity contribution in [3.8, 4) is 0 Å². The summed E-state index contributed by atoms with van der Waals surface area (Å²) in [6, 6.07) is 13.0. The molecule has 3 nitrogen and oxygen atoms in total. The van der Waals surface area contributed by atoms with Gasteiger partial charge >= 0.3 is 0 Å². The summed E-state index contributed by atoms with van der Waals surface area (Å²) in [6.07, 6.45) is 0. The van der Waals surface area contributed by atoms with Crippen molar-refractivity contribution in [2.45, 2.75) is 4.33 Å². The molecule has 0 N–H and O–H groups in total. The number of nitro benzene ring substituents is 1. The smallest absolute Gasteiger partial charge is 0.258 e. The lowest BCUT2D eigenvalue weighted by atomic mass is 10.0. The molecule has 0 aromatic heterocycles. The third kappa shape index (κ3) is 2.84. The van der Waals surface area contributed by atoms with E-state index in [4.69, 9.17) is 34.8 Å². The van der Waals surface area contributed by atoms with E-state index in [-0.39, 0.29) is 10.7 Å². The SMILES string of the molecule is O=[N+]([O-])c1ccc(C(Cl)(Cl)c2ccccc2)c(Cl)c1. The molecule has 0 amide bonds. The van der Waals surface area contributed by atoms with E-state index in [2.05, 4.69) is 0 Å². The van der Waals surface area contributed by atoms with Crippen molar-refractivity contribution in [2.24, 2.45) is 0 Å². The van der Waals surface area contributed by atoms with Crippen molar-refractivity contribution >= 4 is 40.5 Å². The van der Waals surface area contributed by atoms with Gasteiger partial charge in [-0.1, -0.05) is 65.1 Å². The van der Waals surface area contributed by atoms with E-state index in [9.17, 15) is 10.1 Å². The van der Waals surface area contributed by atoms with Crippen molar-refractivity contribution in [2.75, 3.05) is 0 Å². The molecule has 2 rings (SSSR count). The van der Waals surface area contributed by atoms with Crippen LogP contribution in [0.5, 0.6) is 0 Å². The van der Waals surface area contributed by atoms with Gasteiger partial charge in [0, 0.05) is 17.7 Å². The van der Waals surface area contributed by atoms with Gasteiger partial charge in [0.2, 0.25) is 0 Å². The van der Waals surface area contributed by atoms with Gasteiger partial charge in [-0.15, -0.1) is 0 Å². The van der Waals surface area contributed by atoms with E-state index in [1.807, 2.05) is 6.07 Å². The summed E-state index contributed by atoms with van der Waals surface area (Å²) < 4.78 is -1.35. The Balaban J connectivity index is 2.50. The topological polar surface area (TPSA) is 43.1 Å². The zero-order chi connectivity index (χ0) is 14.0. The first-order valence-electron chi connectivity index (χ1n) is 5.30. The number of alkyl halides is 2. The van der Waals surface area contributed by atoms with Crippen LogP contribution in [0.15, 0.2) is 48.5 Å². The minimum Gasteiger partial charge on any atom is -0.258 e. The summed E-state index contributed by atoms with van der Waals surface area (Å²) in [5.74, 6) is 0. The lowest BCUT2D eigenvalue weighted by Crippen LogP contribution is -2.13. The Bertz CT molecular complexity index is 615. The molecule has 0 atom stereocenters. The maximum atomic E-state index is 10.7. The van der Waals surface area contributed by atoms with Crippen LogP contribution in [0.2, 0.25) is 5.02 Å². The highest BCUT2D eigenvalue weighted by molar-refractivity contribution is 6.51. The molecule has 0 fully saturated rings. The maximum absolute atomic E-state index is 10.7. The van der Waals surface area contributed by atoms with Gasteiger partial charge in [-0.25, -0.2) is 0 Å². The van der Waals surface area contributed by atoms with Crippen LogP contribution in [0.4, 0.5) is 5.69 Å². The quantitative estimate of drug-likeness (QED) is 0.458. The van der Waals surface area contributed by atoms with Crippen molar-refractivity contribution < 1.29 is 4.92 Å². The highest BCUT2D eigenvalue weighted by Gasteiger charge is 2.31. The molecular weight excluding hydrogens is 309 g/mol. The first-order chi connectivity index (χ1) is 8.93. The standard InChI is InChI=1S/C13H8Cl3NO2/c14-12-8-10(17(18)19)6-7-11(12)13(15,16)9-4-2-1-3-5-9/h1-8H.